The normalized spacial score (nSPS) is 10.7. The van der Waals surface area contributed by atoms with Gasteiger partial charge in [0.1, 0.15) is 5.15 Å². The van der Waals surface area contributed by atoms with Gasteiger partial charge in [0.15, 0.2) is 5.82 Å². The van der Waals surface area contributed by atoms with Gasteiger partial charge in [-0.15, -0.1) is 0 Å². The van der Waals surface area contributed by atoms with Crippen molar-refractivity contribution in [2.24, 2.45) is 0 Å². The monoisotopic (exact) mass is 285 g/mol. The minimum absolute atomic E-state index is 0.0427. The molecule has 1 aromatic heterocycles. The lowest BCUT2D eigenvalue weighted by molar-refractivity contribution is -0.384. The number of benzene rings is 2. The van der Waals surface area contributed by atoms with Gasteiger partial charge in [-0.3, -0.25) is 10.1 Å². The van der Waals surface area contributed by atoms with Crippen LogP contribution in [-0.4, -0.2) is 14.9 Å². The number of fused-ring (bicyclic) bond motifs is 1. The maximum absolute atomic E-state index is 11.1. The Kier molecular flexibility index (Phi) is 3.04. The third-order valence-electron chi connectivity index (χ3n) is 2.90. The molecule has 3 rings (SSSR count). The molecule has 0 atom stereocenters. The van der Waals surface area contributed by atoms with Crippen LogP contribution in [0, 0.1) is 10.1 Å². The molecule has 0 radical (unpaired) electrons. The lowest BCUT2D eigenvalue weighted by Crippen LogP contribution is -1.96. The molecule has 98 valence electrons. The number of nitro benzene ring substituents is 1. The van der Waals surface area contributed by atoms with Gasteiger partial charge in [0.25, 0.3) is 5.69 Å². The van der Waals surface area contributed by atoms with E-state index in [1.165, 1.54) is 6.07 Å². The van der Waals surface area contributed by atoms with E-state index < -0.39 is 4.92 Å². The summed E-state index contributed by atoms with van der Waals surface area (Å²) in [5, 5.41) is 12.1. The summed E-state index contributed by atoms with van der Waals surface area (Å²) in [5.41, 5.74) is 0.963. The van der Waals surface area contributed by atoms with Crippen molar-refractivity contribution in [3.05, 3.63) is 63.8 Å². The van der Waals surface area contributed by atoms with Crippen LogP contribution in [0.2, 0.25) is 5.15 Å². The van der Waals surface area contributed by atoms with Crippen LogP contribution in [0.4, 0.5) is 5.69 Å². The van der Waals surface area contributed by atoms with E-state index in [0.717, 1.165) is 5.39 Å². The Hall–Kier alpha value is -2.53. The Morgan fingerprint density at radius 1 is 1.00 bits per heavy atom. The fourth-order valence-electron chi connectivity index (χ4n) is 1.98. The van der Waals surface area contributed by atoms with Crippen LogP contribution < -0.4 is 0 Å². The molecule has 0 aliphatic rings. The molecule has 5 nitrogen and oxygen atoms in total. The Balaban J connectivity index is 2.28. The van der Waals surface area contributed by atoms with Crippen LogP contribution in [-0.2, 0) is 0 Å². The predicted octanol–water partition coefficient (Wildman–Crippen LogP) is 3.86. The van der Waals surface area contributed by atoms with Crippen molar-refractivity contribution in [2.45, 2.75) is 0 Å². The van der Waals surface area contributed by atoms with E-state index in [4.69, 9.17) is 11.6 Å². The number of hydrogen-bond donors (Lipinski definition) is 0. The fourth-order valence-corrected chi connectivity index (χ4v) is 2.22. The predicted molar refractivity (Wildman–Crippen MR) is 76.6 cm³/mol. The number of halogens is 1. The number of nitrogens with zero attached hydrogens (tertiary/aromatic N) is 3. The second-order valence-corrected chi connectivity index (χ2v) is 4.49. The number of para-hydroxylation sites is 2. The third kappa shape index (κ3) is 2.08. The van der Waals surface area contributed by atoms with Gasteiger partial charge in [0, 0.05) is 11.5 Å². The molecule has 0 unspecified atom stereocenters. The molecule has 0 N–H and O–H groups in total. The van der Waals surface area contributed by atoms with E-state index in [1.54, 1.807) is 30.3 Å². The van der Waals surface area contributed by atoms with Crippen molar-refractivity contribution in [1.29, 1.82) is 0 Å². The highest BCUT2D eigenvalue weighted by molar-refractivity contribution is 6.34. The van der Waals surface area contributed by atoms with Gasteiger partial charge in [-0.2, -0.15) is 0 Å². The molecule has 0 fully saturated rings. The molecule has 3 aromatic rings. The summed E-state index contributed by atoms with van der Waals surface area (Å²) in [4.78, 5) is 19.1. The number of aromatic nitrogens is 2. The molecule has 0 saturated carbocycles. The zero-order valence-electron chi connectivity index (χ0n) is 10.2. The van der Waals surface area contributed by atoms with Gasteiger partial charge < -0.3 is 0 Å². The molecule has 0 amide bonds. The molecule has 0 saturated heterocycles. The Morgan fingerprint density at radius 3 is 2.50 bits per heavy atom. The topological polar surface area (TPSA) is 68.9 Å². The van der Waals surface area contributed by atoms with Crippen LogP contribution in [0.1, 0.15) is 0 Å². The Bertz CT molecular complexity index is 820. The first kappa shape index (κ1) is 12.5. The maximum Gasteiger partial charge on any atom is 0.280 e. The molecular weight excluding hydrogens is 278 g/mol. The molecule has 0 spiro atoms. The highest BCUT2D eigenvalue weighted by atomic mass is 35.5. The lowest BCUT2D eigenvalue weighted by atomic mass is 10.1. The number of hydrogen-bond acceptors (Lipinski definition) is 4. The first-order chi connectivity index (χ1) is 9.66. The highest BCUT2D eigenvalue weighted by Crippen LogP contribution is 2.30. The number of nitro groups is 1. The summed E-state index contributed by atoms with van der Waals surface area (Å²) < 4.78 is 0. The van der Waals surface area contributed by atoms with Crippen molar-refractivity contribution >= 4 is 28.2 Å². The minimum Gasteiger partial charge on any atom is -0.258 e. The van der Waals surface area contributed by atoms with Crippen LogP contribution in [0.5, 0.6) is 0 Å². The van der Waals surface area contributed by atoms with E-state index in [0.29, 0.717) is 11.1 Å². The first-order valence-electron chi connectivity index (χ1n) is 5.83. The van der Waals surface area contributed by atoms with Gasteiger partial charge in [-0.05, 0) is 18.2 Å². The van der Waals surface area contributed by atoms with Gasteiger partial charge in [0.2, 0.25) is 0 Å². The summed E-state index contributed by atoms with van der Waals surface area (Å²) in [7, 11) is 0. The Morgan fingerprint density at radius 2 is 1.70 bits per heavy atom. The maximum atomic E-state index is 11.1. The zero-order chi connectivity index (χ0) is 14.1. The molecule has 0 bridgehead atoms. The summed E-state index contributed by atoms with van der Waals surface area (Å²) in [5.74, 6) is 0.251. The van der Waals surface area contributed by atoms with E-state index in [9.17, 15) is 10.1 Å². The lowest BCUT2D eigenvalue weighted by Gasteiger charge is -2.05. The van der Waals surface area contributed by atoms with Crippen molar-refractivity contribution in [2.75, 3.05) is 0 Å². The third-order valence-corrected chi connectivity index (χ3v) is 3.19. The molecule has 0 aliphatic heterocycles. The van der Waals surface area contributed by atoms with Crippen molar-refractivity contribution in [1.82, 2.24) is 9.97 Å². The van der Waals surface area contributed by atoms with E-state index >= 15 is 0 Å². The Labute approximate surface area is 119 Å². The molecule has 6 heteroatoms. The largest absolute Gasteiger partial charge is 0.280 e. The van der Waals surface area contributed by atoms with Crippen molar-refractivity contribution in [3.63, 3.8) is 0 Å². The summed E-state index contributed by atoms with van der Waals surface area (Å²) in [6, 6.07) is 13.6. The molecule has 20 heavy (non-hydrogen) atoms. The zero-order valence-corrected chi connectivity index (χ0v) is 10.9. The second-order valence-electron chi connectivity index (χ2n) is 4.13. The quantitative estimate of drug-likeness (QED) is 0.407. The average molecular weight is 286 g/mol. The summed E-state index contributed by atoms with van der Waals surface area (Å²) >= 11 is 6.12. The van der Waals surface area contributed by atoms with Crippen LogP contribution >= 0.6 is 11.6 Å². The molecule has 1 heterocycles. The molecular formula is C14H8ClN3O2. The van der Waals surface area contributed by atoms with Crippen LogP contribution in [0.15, 0.2) is 48.5 Å². The number of rotatable bonds is 2. The highest BCUT2D eigenvalue weighted by Gasteiger charge is 2.17. The first-order valence-corrected chi connectivity index (χ1v) is 6.20. The fraction of sp³-hybridized carbons (Fsp3) is 0. The van der Waals surface area contributed by atoms with Crippen molar-refractivity contribution in [3.8, 4) is 11.4 Å². The van der Waals surface area contributed by atoms with E-state index in [2.05, 4.69) is 9.97 Å². The van der Waals surface area contributed by atoms with Gasteiger partial charge in [-0.25, -0.2) is 9.97 Å². The SMILES string of the molecule is O=[N+]([O-])c1ccccc1-c1nc(Cl)c2ccccc2n1. The molecule has 2 aromatic carbocycles. The molecule has 0 aliphatic carbocycles. The van der Waals surface area contributed by atoms with Crippen LogP contribution in [0.3, 0.4) is 0 Å². The minimum atomic E-state index is -0.457. The summed E-state index contributed by atoms with van der Waals surface area (Å²) in [6.07, 6.45) is 0. The van der Waals surface area contributed by atoms with Crippen molar-refractivity contribution < 1.29 is 4.92 Å². The van der Waals surface area contributed by atoms with E-state index in [-0.39, 0.29) is 16.7 Å². The van der Waals surface area contributed by atoms with E-state index in [1.807, 2.05) is 12.1 Å². The standard InChI is InChI=1S/C14H8ClN3O2/c15-13-9-5-1-3-7-11(9)16-14(17-13)10-6-2-4-8-12(10)18(19)20/h1-8H. The van der Waals surface area contributed by atoms with Gasteiger partial charge in [-0.1, -0.05) is 35.9 Å². The second kappa shape index (κ2) is 4.86. The average Bonchev–Trinajstić information content (AvgIpc) is 2.47. The summed E-state index contributed by atoms with van der Waals surface area (Å²) in [6.45, 7) is 0. The van der Waals surface area contributed by atoms with Gasteiger partial charge in [0.05, 0.1) is 16.0 Å². The van der Waals surface area contributed by atoms with Gasteiger partial charge >= 0.3 is 0 Å². The van der Waals surface area contributed by atoms with Crippen LogP contribution in [0.25, 0.3) is 22.3 Å². The smallest absolute Gasteiger partial charge is 0.258 e.